The van der Waals surface area contributed by atoms with Crippen molar-refractivity contribution in [1.82, 2.24) is 14.5 Å². The van der Waals surface area contributed by atoms with Crippen molar-refractivity contribution >= 4 is 50.0 Å². The summed E-state index contributed by atoms with van der Waals surface area (Å²) >= 11 is 6.47. The van der Waals surface area contributed by atoms with Crippen molar-refractivity contribution in [2.75, 3.05) is 42.2 Å². The first-order valence-corrected chi connectivity index (χ1v) is 20.0. The van der Waals surface area contributed by atoms with Crippen LogP contribution in [0.25, 0.3) is 11.0 Å². The van der Waals surface area contributed by atoms with Gasteiger partial charge in [-0.3, -0.25) is 9.52 Å². The zero-order chi connectivity index (χ0) is 35.3. The molecule has 0 radical (unpaired) electrons. The Morgan fingerprint density at radius 2 is 2.02 bits per heavy atom. The van der Waals surface area contributed by atoms with Crippen LogP contribution >= 0.6 is 11.6 Å². The van der Waals surface area contributed by atoms with Gasteiger partial charge in [0.2, 0.25) is 0 Å². The number of anilines is 2. The van der Waals surface area contributed by atoms with E-state index in [0.717, 1.165) is 61.7 Å². The standard InChI is InChI=1S/C39H45ClN6O4S/c1-25-6-4-8-34(49-3)30-12-9-28(30)20-46-22-39(16-5-7-26-18-29(40)11-13-32(26)39)23-50-35-14-10-27(19-33(35)46)38(47)44-51(48,21-25)43-36-31-15-17-45(2)37(31)42-24-41-36/h4,8,10-11,13-15,17-19,24-25,28,30,34H,5-7,9,12,16,20-23H2,1-3H3,(H,41,42,43,44,47,48)/b8-4+/t25-,28-,30+,34-,39-,51?/m0/s1. The Bertz CT molecular complexity index is 2140. The van der Waals surface area contributed by atoms with Gasteiger partial charge in [0, 0.05) is 49.4 Å². The third-order valence-corrected chi connectivity index (χ3v) is 13.7. The van der Waals surface area contributed by atoms with Gasteiger partial charge in [-0.05, 0) is 104 Å². The average Bonchev–Trinajstić information content (AvgIpc) is 3.41. The number of aromatic nitrogens is 3. The second kappa shape index (κ2) is 13.6. The van der Waals surface area contributed by atoms with Gasteiger partial charge < -0.3 is 18.9 Å². The van der Waals surface area contributed by atoms with Crippen molar-refractivity contribution < 1.29 is 18.5 Å². The number of fused-ring (bicyclic) bond motifs is 5. The molecule has 4 aromatic rings. The minimum absolute atomic E-state index is 0.0227. The highest BCUT2D eigenvalue weighted by molar-refractivity contribution is 7.95. The van der Waals surface area contributed by atoms with Gasteiger partial charge in [-0.15, -0.1) is 4.36 Å². The van der Waals surface area contributed by atoms with Crippen LogP contribution in [0.2, 0.25) is 5.02 Å². The largest absolute Gasteiger partial charge is 0.490 e. The van der Waals surface area contributed by atoms with Crippen LogP contribution in [-0.4, -0.2) is 63.3 Å². The molecule has 1 fully saturated rings. The number of nitrogens with zero attached hydrogens (tertiary/aromatic N) is 5. The highest BCUT2D eigenvalue weighted by atomic mass is 35.5. The van der Waals surface area contributed by atoms with Gasteiger partial charge in [0.25, 0.3) is 5.91 Å². The van der Waals surface area contributed by atoms with Crippen LogP contribution in [0.3, 0.4) is 0 Å². The Hall–Kier alpha value is -3.93. The molecule has 8 rings (SSSR count). The van der Waals surface area contributed by atoms with E-state index in [1.807, 2.05) is 49.0 Å². The van der Waals surface area contributed by atoms with E-state index >= 15 is 0 Å². The number of hydrogen-bond acceptors (Lipinski definition) is 7. The molecule has 6 atom stereocenters. The summed E-state index contributed by atoms with van der Waals surface area (Å²) in [6, 6.07) is 13.7. The number of methoxy groups -OCH3 is 1. The molecule has 1 unspecified atom stereocenters. The maximum Gasteiger partial charge on any atom is 0.286 e. The third-order valence-electron chi connectivity index (χ3n) is 11.4. The maximum absolute atomic E-state index is 14.8. The Morgan fingerprint density at radius 3 is 2.84 bits per heavy atom. The van der Waals surface area contributed by atoms with Crippen LogP contribution in [0.1, 0.15) is 60.5 Å². The van der Waals surface area contributed by atoms with Gasteiger partial charge in [-0.2, -0.15) is 0 Å². The molecule has 0 saturated heterocycles. The Balaban J connectivity index is 1.22. The molecule has 51 heavy (non-hydrogen) atoms. The molecule has 1 amide bonds. The lowest BCUT2D eigenvalue weighted by atomic mass is 9.68. The Morgan fingerprint density at radius 1 is 1.14 bits per heavy atom. The summed E-state index contributed by atoms with van der Waals surface area (Å²) in [5.74, 6) is 1.47. The van der Waals surface area contributed by atoms with Gasteiger partial charge in [-0.25, -0.2) is 14.2 Å². The summed E-state index contributed by atoms with van der Waals surface area (Å²) in [6.45, 7) is 4.12. The van der Waals surface area contributed by atoms with E-state index in [1.165, 1.54) is 17.5 Å². The van der Waals surface area contributed by atoms with Crippen molar-refractivity contribution in [2.24, 2.45) is 29.2 Å². The molecule has 2 aromatic carbocycles. The van der Waals surface area contributed by atoms with Crippen molar-refractivity contribution in [3.05, 3.63) is 88.9 Å². The molecule has 1 spiro atoms. The summed E-state index contributed by atoms with van der Waals surface area (Å²) < 4.78 is 37.1. The predicted molar refractivity (Wildman–Crippen MR) is 202 cm³/mol. The first-order valence-electron chi connectivity index (χ1n) is 18.0. The van der Waals surface area contributed by atoms with Gasteiger partial charge in [0.1, 0.15) is 27.6 Å². The molecule has 12 heteroatoms. The van der Waals surface area contributed by atoms with E-state index in [-0.39, 0.29) is 23.2 Å². The van der Waals surface area contributed by atoms with Crippen LogP contribution in [0, 0.1) is 17.8 Å². The normalized spacial score (nSPS) is 30.0. The van der Waals surface area contributed by atoms with Crippen molar-refractivity contribution in [3.8, 4) is 5.75 Å². The minimum atomic E-state index is -3.32. The van der Waals surface area contributed by atoms with Crippen molar-refractivity contribution in [1.29, 1.82) is 0 Å². The maximum atomic E-state index is 14.8. The number of allylic oxidation sites excluding steroid dienone is 1. The molecule has 2 aliphatic carbocycles. The second-order valence-corrected chi connectivity index (χ2v) is 17.4. The summed E-state index contributed by atoms with van der Waals surface area (Å²) in [7, 11) is 0.360. The quantitative estimate of drug-likeness (QED) is 0.220. The Labute approximate surface area is 304 Å². The Kier molecular flexibility index (Phi) is 9.09. The lowest BCUT2D eigenvalue weighted by Crippen LogP contribution is -2.49. The molecule has 1 saturated carbocycles. The zero-order valence-corrected chi connectivity index (χ0v) is 31.0. The third kappa shape index (κ3) is 6.53. The average molecular weight is 729 g/mol. The fourth-order valence-corrected chi connectivity index (χ4v) is 10.8. The monoisotopic (exact) mass is 728 g/mol. The highest BCUT2D eigenvalue weighted by Crippen LogP contribution is 2.47. The molecule has 1 N–H and O–H groups in total. The summed E-state index contributed by atoms with van der Waals surface area (Å²) in [6.07, 6.45) is 13.5. The number of benzene rings is 2. The van der Waals surface area contributed by atoms with Gasteiger partial charge in [0.05, 0.1) is 29.5 Å². The number of ether oxygens (including phenoxy) is 2. The lowest BCUT2D eigenvalue weighted by molar-refractivity contribution is 0.0131. The van der Waals surface area contributed by atoms with Crippen LogP contribution in [0.4, 0.5) is 11.5 Å². The van der Waals surface area contributed by atoms with Crippen molar-refractivity contribution in [2.45, 2.75) is 57.0 Å². The topological polar surface area (TPSA) is 111 Å². The van der Waals surface area contributed by atoms with Gasteiger partial charge in [-0.1, -0.05) is 36.7 Å². The molecular formula is C39H45ClN6O4S. The fourth-order valence-electron chi connectivity index (χ4n) is 8.68. The van der Waals surface area contributed by atoms with Crippen LogP contribution in [0.5, 0.6) is 5.75 Å². The molecule has 2 aliphatic heterocycles. The molecule has 10 nitrogen and oxygen atoms in total. The number of carbonyl (C=O) groups is 1. The van der Waals surface area contributed by atoms with Crippen LogP contribution < -0.4 is 14.4 Å². The highest BCUT2D eigenvalue weighted by Gasteiger charge is 2.44. The molecule has 2 aromatic heterocycles. The molecule has 2 bridgehead atoms. The number of aryl methyl sites for hydroxylation is 2. The van der Waals surface area contributed by atoms with E-state index in [2.05, 4.69) is 48.2 Å². The fraction of sp³-hybridized carbons (Fsp3) is 0.462. The lowest BCUT2D eigenvalue weighted by Gasteiger charge is -2.46. The smallest absolute Gasteiger partial charge is 0.286 e. The van der Waals surface area contributed by atoms with Gasteiger partial charge in [0.15, 0.2) is 5.82 Å². The minimum Gasteiger partial charge on any atom is -0.490 e. The van der Waals surface area contributed by atoms with E-state index < -0.39 is 15.8 Å². The number of rotatable bonds is 3. The number of amides is 1. The van der Waals surface area contributed by atoms with Crippen LogP contribution in [0.15, 0.2) is 71.5 Å². The van der Waals surface area contributed by atoms with E-state index in [1.54, 1.807) is 13.2 Å². The summed E-state index contributed by atoms with van der Waals surface area (Å²) in [4.78, 5) is 25.4. The number of halogens is 1. The van der Waals surface area contributed by atoms with Crippen molar-refractivity contribution in [3.63, 3.8) is 0 Å². The number of hydrogen-bond donors (Lipinski definition) is 1. The summed E-state index contributed by atoms with van der Waals surface area (Å²) in [5, 5.41) is 1.46. The van der Waals surface area contributed by atoms with E-state index in [9.17, 15) is 9.00 Å². The predicted octanol–water partition coefficient (Wildman–Crippen LogP) is 7.37. The van der Waals surface area contributed by atoms with E-state index in [0.29, 0.717) is 47.3 Å². The number of carbonyl (C=O) groups excluding carboxylic acids is 1. The molecule has 268 valence electrons. The first kappa shape index (κ1) is 34.2. The molecule has 4 heterocycles. The van der Waals surface area contributed by atoms with Gasteiger partial charge >= 0.3 is 0 Å². The first-order chi connectivity index (χ1) is 24.6. The number of nitrogens with one attached hydrogen (secondary N) is 1. The SMILES string of the molecule is CO[C@H]1/C=C/C[C@H](C)CS(=O)(Nc2ncnc3c2ccn3C)=NC(=O)c2ccc3c(c2)N(C[C@@H]2CC[C@H]21)C[C@@]1(CCCc2cc(Cl)ccc21)CO3. The molecular weight excluding hydrogens is 684 g/mol. The molecule has 4 aliphatic rings. The summed E-state index contributed by atoms with van der Waals surface area (Å²) in [5.41, 5.74) is 4.27. The zero-order valence-electron chi connectivity index (χ0n) is 29.4. The second-order valence-electron chi connectivity index (χ2n) is 14.9. The van der Waals surface area contributed by atoms with Crippen LogP contribution in [-0.2, 0) is 33.5 Å². The van der Waals surface area contributed by atoms with E-state index in [4.69, 9.17) is 21.1 Å².